The lowest BCUT2D eigenvalue weighted by atomic mass is 10.1. The largest absolute Gasteiger partial charge is 0.482 e. The smallest absolute Gasteiger partial charge is 0.409 e. The van der Waals surface area contributed by atoms with E-state index in [0.717, 1.165) is 10.9 Å². The highest BCUT2D eigenvalue weighted by Crippen LogP contribution is 2.31. The van der Waals surface area contributed by atoms with Crippen LogP contribution in [-0.2, 0) is 9.53 Å². The molecule has 2 aromatic rings. The van der Waals surface area contributed by atoms with Crippen LogP contribution in [0, 0.1) is 13.8 Å². The van der Waals surface area contributed by atoms with E-state index >= 15 is 0 Å². The van der Waals surface area contributed by atoms with Crippen molar-refractivity contribution in [2.45, 2.75) is 13.8 Å². The van der Waals surface area contributed by atoms with E-state index in [-0.39, 0.29) is 18.3 Å². The zero-order valence-corrected chi connectivity index (χ0v) is 16.7. The number of ether oxygens (including phenoxy) is 2. The normalized spacial score (nSPS) is 14.3. The summed E-state index contributed by atoms with van der Waals surface area (Å²) in [7, 11) is 1.33. The molecule has 1 saturated heterocycles. The maximum absolute atomic E-state index is 12.4. The third-order valence-corrected chi connectivity index (χ3v) is 5.22. The Kier molecular flexibility index (Phi) is 5.79. The number of piperazine rings is 1. The summed E-state index contributed by atoms with van der Waals surface area (Å²) in [6, 6.07) is 3.19. The molecular weight excluding hydrogens is 388 g/mol. The van der Waals surface area contributed by atoms with Crippen LogP contribution in [0.4, 0.5) is 4.79 Å². The van der Waals surface area contributed by atoms with E-state index < -0.39 is 11.7 Å². The predicted molar refractivity (Wildman–Crippen MR) is 103 cm³/mol. The Morgan fingerprint density at radius 3 is 2.39 bits per heavy atom. The number of methoxy groups -OCH3 is 1. The SMILES string of the molecule is COC(=O)N1CCN(C(=O)COc2cc3oc(=O)c(C)c(C)c3cc2Cl)CC1. The average Bonchev–Trinajstić information content (AvgIpc) is 2.70. The molecule has 0 atom stereocenters. The first-order valence-corrected chi connectivity index (χ1v) is 9.16. The van der Waals surface area contributed by atoms with Crippen LogP contribution >= 0.6 is 11.6 Å². The van der Waals surface area contributed by atoms with Gasteiger partial charge in [-0.25, -0.2) is 9.59 Å². The molecule has 1 aromatic carbocycles. The summed E-state index contributed by atoms with van der Waals surface area (Å²) in [6.45, 7) is 4.91. The van der Waals surface area contributed by atoms with Crippen molar-refractivity contribution in [3.05, 3.63) is 38.7 Å². The van der Waals surface area contributed by atoms with E-state index in [0.29, 0.717) is 42.3 Å². The number of halogens is 1. The van der Waals surface area contributed by atoms with Gasteiger partial charge in [-0.05, 0) is 25.5 Å². The molecule has 1 aliphatic rings. The number of aryl methyl sites for hydroxylation is 1. The lowest BCUT2D eigenvalue weighted by Crippen LogP contribution is -2.51. The second-order valence-electron chi connectivity index (χ2n) is 6.54. The van der Waals surface area contributed by atoms with Crippen LogP contribution in [0.5, 0.6) is 5.75 Å². The van der Waals surface area contributed by atoms with Crippen LogP contribution < -0.4 is 10.4 Å². The van der Waals surface area contributed by atoms with Gasteiger partial charge in [-0.2, -0.15) is 0 Å². The van der Waals surface area contributed by atoms with Crippen molar-refractivity contribution in [1.29, 1.82) is 0 Å². The fourth-order valence-corrected chi connectivity index (χ4v) is 3.27. The number of fused-ring (bicyclic) bond motifs is 1. The van der Waals surface area contributed by atoms with Gasteiger partial charge in [-0.3, -0.25) is 4.79 Å². The summed E-state index contributed by atoms with van der Waals surface area (Å²) in [6.07, 6.45) is -0.404. The van der Waals surface area contributed by atoms with Crippen molar-refractivity contribution < 1.29 is 23.5 Å². The Morgan fingerprint density at radius 2 is 1.75 bits per heavy atom. The Morgan fingerprint density at radius 1 is 1.11 bits per heavy atom. The summed E-state index contributed by atoms with van der Waals surface area (Å²) in [5, 5.41) is 1.05. The van der Waals surface area contributed by atoms with Crippen LogP contribution in [0.1, 0.15) is 11.1 Å². The van der Waals surface area contributed by atoms with Gasteiger partial charge >= 0.3 is 11.7 Å². The van der Waals surface area contributed by atoms with Gasteiger partial charge in [-0.15, -0.1) is 0 Å². The number of carbonyl (C=O) groups is 2. The standard InChI is InChI=1S/C19H21ClN2O6/c1-11-12(2)18(24)28-15-9-16(14(20)8-13(11)15)27-10-17(23)21-4-6-22(7-5-21)19(25)26-3/h8-9H,4-7,10H2,1-3H3. The number of carbonyl (C=O) groups excluding carboxylic acids is 2. The molecule has 1 aromatic heterocycles. The minimum Gasteiger partial charge on any atom is -0.482 e. The zero-order valence-electron chi connectivity index (χ0n) is 15.9. The van der Waals surface area contributed by atoms with E-state index in [4.69, 9.17) is 20.8 Å². The van der Waals surface area contributed by atoms with Crippen molar-refractivity contribution in [2.24, 2.45) is 0 Å². The van der Waals surface area contributed by atoms with Crippen LogP contribution in [0.2, 0.25) is 5.02 Å². The predicted octanol–water partition coefficient (Wildman–Crippen LogP) is 2.35. The minimum atomic E-state index is -0.419. The van der Waals surface area contributed by atoms with Crippen molar-refractivity contribution in [2.75, 3.05) is 39.9 Å². The molecule has 0 unspecified atom stereocenters. The van der Waals surface area contributed by atoms with E-state index in [2.05, 4.69) is 4.74 Å². The first kappa shape index (κ1) is 20.0. The number of rotatable bonds is 3. The number of amides is 2. The number of hydrogen-bond donors (Lipinski definition) is 0. The maximum Gasteiger partial charge on any atom is 0.409 e. The van der Waals surface area contributed by atoms with E-state index in [1.807, 2.05) is 6.92 Å². The summed E-state index contributed by atoms with van der Waals surface area (Å²) >= 11 is 6.28. The van der Waals surface area contributed by atoms with Gasteiger partial charge in [0.15, 0.2) is 6.61 Å². The molecule has 1 fully saturated rings. The summed E-state index contributed by atoms with van der Waals surface area (Å²) in [4.78, 5) is 38.9. The minimum absolute atomic E-state index is 0.210. The Hall–Kier alpha value is -2.74. The van der Waals surface area contributed by atoms with Crippen molar-refractivity contribution in [3.63, 3.8) is 0 Å². The lowest BCUT2D eigenvalue weighted by Gasteiger charge is -2.33. The van der Waals surface area contributed by atoms with Gasteiger partial charge in [0, 0.05) is 43.2 Å². The fourth-order valence-electron chi connectivity index (χ4n) is 3.05. The van der Waals surface area contributed by atoms with Crippen LogP contribution in [0.3, 0.4) is 0 Å². The first-order valence-electron chi connectivity index (χ1n) is 8.79. The second-order valence-corrected chi connectivity index (χ2v) is 6.95. The molecule has 0 spiro atoms. The summed E-state index contributed by atoms with van der Waals surface area (Å²) < 4.78 is 15.5. The Bertz CT molecular complexity index is 979. The van der Waals surface area contributed by atoms with Crippen molar-refractivity contribution >= 4 is 34.6 Å². The van der Waals surface area contributed by atoms with E-state index in [9.17, 15) is 14.4 Å². The van der Waals surface area contributed by atoms with Gasteiger partial charge in [0.05, 0.1) is 12.1 Å². The van der Waals surface area contributed by atoms with Crippen LogP contribution in [0.15, 0.2) is 21.3 Å². The monoisotopic (exact) mass is 408 g/mol. The molecule has 2 heterocycles. The number of benzene rings is 1. The highest BCUT2D eigenvalue weighted by atomic mass is 35.5. The van der Waals surface area contributed by atoms with Gasteiger partial charge in [-0.1, -0.05) is 11.6 Å². The maximum atomic E-state index is 12.4. The molecular formula is C19H21ClN2O6. The van der Waals surface area contributed by atoms with Gasteiger partial charge in [0.2, 0.25) is 0 Å². The highest BCUT2D eigenvalue weighted by molar-refractivity contribution is 6.32. The van der Waals surface area contributed by atoms with E-state index in [1.165, 1.54) is 18.1 Å². The molecule has 2 amide bonds. The number of hydrogen-bond acceptors (Lipinski definition) is 6. The van der Waals surface area contributed by atoms with Crippen molar-refractivity contribution in [1.82, 2.24) is 9.80 Å². The molecule has 0 aliphatic carbocycles. The molecule has 28 heavy (non-hydrogen) atoms. The summed E-state index contributed by atoms with van der Waals surface area (Å²) in [5.74, 6) is 0.0457. The zero-order chi connectivity index (χ0) is 20.4. The fraction of sp³-hybridized carbons (Fsp3) is 0.421. The molecule has 0 radical (unpaired) electrons. The second kappa shape index (κ2) is 8.10. The van der Waals surface area contributed by atoms with Gasteiger partial charge in [0.25, 0.3) is 5.91 Å². The Balaban J connectivity index is 1.68. The van der Waals surface area contributed by atoms with E-state index in [1.54, 1.807) is 17.9 Å². The van der Waals surface area contributed by atoms with Crippen LogP contribution in [0.25, 0.3) is 11.0 Å². The topological polar surface area (TPSA) is 89.3 Å². The molecule has 0 bridgehead atoms. The molecule has 8 nitrogen and oxygen atoms in total. The molecule has 0 N–H and O–H groups in total. The van der Waals surface area contributed by atoms with Gasteiger partial charge < -0.3 is 23.7 Å². The average molecular weight is 409 g/mol. The number of nitrogens with zero attached hydrogens (tertiary/aromatic N) is 2. The highest BCUT2D eigenvalue weighted by Gasteiger charge is 2.25. The molecule has 0 saturated carbocycles. The molecule has 150 valence electrons. The molecule has 1 aliphatic heterocycles. The summed E-state index contributed by atoms with van der Waals surface area (Å²) in [5.41, 5.74) is 1.25. The quantitative estimate of drug-likeness (QED) is 0.724. The first-order chi connectivity index (χ1) is 13.3. The third-order valence-electron chi connectivity index (χ3n) is 4.93. The third kappa shape index (κ3) is 3.91. The van der Waals surface area contributed by atoms with Gasteiger partial charge in [0.1, 0.15) is 11.3 Å². The molecule has 3 rings (SSSR count). The van der Waals surface area contributed by atoms with Crippen LogP contribution in [-0.4, -0.2) is 61.7 Å². The lowest BCUT2D eigenvalue weighted by molar-refractivity contribution is -0.134. The molecule has 9 heteroatoms. The van der Waals surface area contributed by atoms with Crippen molar-refractivity contribution in [3.8, 4) is 5.75 Å². The Labute approximate surface area is 166 Å².